The molecule has 1 aliphatic rings. The second-order valence-electron chi connectivity index (χ2n) is 4.74. The Morgan fingerprint density at radius 1 is 1.21 bits per heavy atom. The first-order valence-corrected chi connectivity index (χ1v) is 6.48. The first kappa shape index (κ1) is 15.3. The van der Waals surface area contributed by atoms with Crippen LogP contribution in [0.3, 0.4) is 0 Å². The van der Waals surface area contributed by atoms with E-state index in [0.717, 1.165) is 12.8 Å². The van der Waals surface area contributed by atoms with Crippen molar-refractivity contribution in [3.63, 3.8) is 0 Å². The molecule has 7 nitrogen and oxygen atoms in total. The Morgan fingerprint density at radius 2 is 1.84 bits per heavy atom. The van der Waals surface area contributed by atoms with E-state index in [4.69, 9.17) is 5.11 Å². The van der Waals surface area contributed by atoms with Crippen molar-refractivity contribution in [2.24, 2.45) is 5.92 Å². The summed E-state index contributed by atoms with van der Waals surface area (Å²) in [5.74, 6) is -0.546. The summed E-state index contributed by atoms with van der Waals surface area (Å²) < 4.78 is 0. The Balaban J connectivity index is 2.19. The SMILES string of the molecule is CC(=O)NCC1CCN(C(=O)NCCC(=O)O)CC1. The Morgan fingerprint density at radius 3 is 2.37 bits per heavy atom. The van der Waals surface area contributed by atoms with Gasteiger partial charge in [0.1, 0.15) is 0 Å². The van der Waals surface area contributed by atoms with E-state index in [9.17, 15) is 14.4 Å². The zero-order valence-corrected chi connectivity index (χ0v) is 11.1. The van der Waals surface area contributed by atoms with E-state index in [1.165, 1.54) is 6.92 Å². The number of hydrogen-bond acceptors (Lipinski definition) is 3. The molecule has 0 spiro atoms. The van der Waals surface area contributed by atoms with Crippen molar-refractivity contribution in [3.05, 3.63) is 0 Å². The standard InChI is InChI=1S/C12H21N3O4/c1-9(16)14-8-10-3-6-15(7-4-10)12(19)13-5-2-11(17)18/h10H,2-8H2,1H3,(H,13,19)(H,14,16)(H,17,18). The number of carbonyl (C=O) groups is 3. The highest BCUT2D eigenvalue weighted by molar-refractivity contribution is 5.75. The third-order valence-corrected chi connectivity index (χ3v) is 3.16. The fourth-order valence-electron chi connectivity index (χ4n) is 2.02. The molecule has 0 aliphatic carbocycles. The van der Waals surface area contributed by atoms with Gasteiger partial charge in [0.25, 0.3) is 0 Å². The Bertz CT molecular complexity index is 338. The number of urea groups is 1. The van der Waals surface area contributed by atoms with Crippen molar-refractivity contribution in [3.8, 4) is 0 Å². The second kappa shape index (κ2) is 7.60. The molecule has 0 bridgehead atoms. The minimum absolute atomic E-state index is 0.0335. The van der Waals surface area contributed by atoms with Crippen molar-refractivity contribution in [2.45, 2.75) is 26.2 Å². The van der Waals surface area contributed by atoms with Crippen LogP contribution >= 0.6 is 0 Å². The van der Waals surface area contributed by atoms with Gasteiger partial charge in [0.15, 0.2) is 0 Å². The van der Waals surface area contributed by atoms with Crippen LogP contribution in [0.4, 0.5) is 4.79 Å². The van der Waals surface area contributed by atoms with Crippen molar-refractivity contribution in [1.29, 1.82) is 0 Å². The monoisotopic (exact) mass is 271 g/mol. The third-order valence-electron chi connectivity index (χ3n) is 3.16. The Labute approximate surface area is 112 Å². The maximum absolute atomic E-state index is 11.7. The molecule has 0 saturated carbocycles. The van der Waals surface area contributed by atoms with Crippen LogP contribution in [-0.2, 0) is 9.59 Å². The molecule has 1 aliphatic heterocycles. The predicted octanol–water partition coefficient (Wildman–Crippen LogP) is 0.0188. The number of piperidine rings is 1. The molecule has 0 aromatic rings. The molecule has 1 rings (SSSR count). The number of aliphatic carboxylic acids is 1. The van der Waals surface area contributed by atoms with E-state index >= 15 is 0 Å². The van der Waals surface area contributed by atoms with Gasteiger partial charge in [-0.3, -0.25) is 9.59 Å². The maximum atomic E-state index is 11.7. The molecule has 3 N–H and O–H groups in total. The fourth-order valence-corrected chi connectivity index (χ4v) is 2.02. The Kier molecular flexibility index (Phi) is 6.11. The first-order valence-electron chi connectivity index (χ1n) is 6.48. The molecule has 0 aromatic carbocycles. The Hall–Kier alpha value is -1.79. The summed E-state index contributed by atoms with van der Waals surface area (Å²) in [5.41, 5.74) is 0. The zero-order chi connectivity index (χ0) is 14.3. The molecular formula is C12H21N3O4. The second-order valence-corrected chi connectivity index (χ2v) is 4.74. The minimum atomic E-state index is -0.922. The van der Waals surface area contributed by atoms with Crippen LogP contribution in [0.2, 0.25) is 0 Å². The highest BCUT2D eigenvalue weighted by Crippen LogP contribution is 2.16. The molecular weight excluding hydrogens is 250 g/mol. The smallest absolute Gasteiger partial charge is 0.317 e. The van der Waals surface area contributed by atoms with Gasteiger partial charge in [-0.05, 0) is 18.8 Å². The molecule has 0 aromatic heterocycles. The van der Waals surface area contributed by atoms with Gasteiger partial charge in [0.05, 0.1) is 6.42 Å². The van der Waals surface area contributed by atoms with Gasteiger partial charge in [-0.2, -0.15) is 0 Å². The lowest BCUT2D eigenvalue weighted by atomic mass is 9.97. The van der Waals surface area contributed by atoms with Crippen molar-refractivity contribution < 1.29 is 19.5 Å². The summed E-state index contributed by atoms with van der Waals surface area (Å²) >= 11 is 0. The van der Waals surface area contributed by atoms with Gasteiger partial charge in [-0.1, -0.05) is 0 Å². The molecule has 108 valence electrons. The van der Waals surface area contributed by atoms with Crippen molar-refractivity contribution >= 4 is 17.9 Å². The summed E-state index contributed by atoms with van der Waals surface area (Å²) in [5, 5.41) is 13.8. The van der Waals surface area contributed by atoms with E-state index in [2.05, 4.69) is 10.6 Å². The number of rotatable bonds is 5. The number of hydrogen-bond donors (Lipinski definition) is 3. The quantitative estimate of drug-likeness (QED) is 0.656. The summed E-state index contributed by atoms with van der Waals surface area (Å²) in [6, 6.07) is -0.209. The normalized spacial score (nSPS) is 15.9. The fraction of sp³-hybridized carbons (Fsp3) is 0.750. The number of carboxylic acid groups (broad SMARTS) is 1. The van der Waals surface area contributed by atoms with E-state index in [-0.39, 0.29) is 24.9 Å². The molecule has 0 atom stereocenters. The van der Waals surface area contributed by atoms with Crippen LogP contribution in [0, 0.1) is 5.92 Å². The van der Waals surface area contributed by atoms with Crippen LogP contribution in [0.1, 0.15) is 26.2 Å². The summed E-state index contributed by atoms with van der Waals surface area (Å²) in [4.78, 5) is 34.5. The lowest BCUT2D eigenvalue weighted by molar-refractivity contribution is -0.136. The van der Waals surface area contributed by atoms with Gasteiger partial charge >= 0.3 is 12.0 Å². The van der Waals surface area contributed by atoms with Gasteiger partial charge in [0.2, 0.25) is 5.91 Å². The molecule has 3 amide bonds. The minimum Gasteiger partial charge on any atom is -0.481 e. The molecule has 19 heavy (non-hydrogen) atoms. The zero-order valence-electron chi connectivity index (χ0n) is 11.1. The van der Waals surface area contributed by atoms with Gasteiger partial charge in [0, 0.05) is 33.1 Å². The lowest BCUT2D eigenvalue weighted by Gasteiger charge is -2.32. The van der Waals surface area contributed by atoms with Crippen LogP contribution in [0.5, 0.6) is 0 Å². The number of nitrogens with zero attached hydrogens (tertiary/aromatic N) is 1. The number of amides is 3. The molecule has 7 heteroatoms. The molecule has 1 fully saturated rings. The van der Waals surface area contributed by atoms with Crippen LogP contribution in [0.15, 0.2) is 0 Å². The van der Waals surface area contributed by atoms with Crippen LogP contribution in [-0.4, -0.2) is 54.1 Å². The first-order chi connectivity index (χ1) is 8.99. The number of carbonyl (C=O) groups excluding carboxylic acids is 2. The maximum Gasteiger partial charge on any atom is 0.317 e. The van der Waals surface area contributed by atoms with Crippen molar-refractivity contribution in [1.82, 2.24) is 15.5 Å². The van der Waals surface area contributed by atoms with Crippen LogP contribution < -0.4 is 10.6 Å². The molecule has 0 unspecified atom stereocenters. The molecule has 1 saturated heterocycles. The average Bonchev–Trinajstić information content (AvgIpc) is 2.36. The molecule has 0 radical (unpaired) electrons. The topological polar surface area (TPSA) is 98.7 Å². The largest absolute Gasteiger partial charge is 0.481 e. The summed E-state index contributed by atoms with van der Waals surface area (Å²) in [6.07, 6.45) is 1.64. The third kappa shape index (κ3) is 6.08. The predicted molar refractivity (Wildman–Crippen MR) is 68.6 cm³/mol. The highest BCUT2D eigenvalue weighted by Gasteiger charge is 2.22. The average molecular weight is 271 g/mol. The summed E-state index contributed by atoms with van der Waals surface area (Å²) in [6.45, 7) is 3.58. The lowest BCUT2D eigenvalue weighted by Crippen LogP contribution is -2.46. The van der Waals surface area contributed by atoms with Crippen LogP contribution in [0.25, 0.3) is 0 Å². The molecule has 1 heterocycles. The number of carboxylic acids is 1. The van der Waals surface area contributed by atoms with E-state index in [1.807, 2.05) is 0 Å². The highest BCUT2D eigenvalue weighted by atomic mass is 16.4. The van der Waals surface area contributed by atoms with E-state index in [1.54, 1.807) is 4.90 Å². The number of likely N-dealkylation sites (tertiary alicyclic amines) is 1. The number of nitrogens with one attached hydrogen (secondary N) is 2. The summed E-state index contributed by atoms with van der Waals surface area (Å²) in [7, 11) is 0. The van der Waals surface area contributed by atoms with E-state index in [0.29, 0.717) is 25.6 Å². The van der Waals surface area contributed by atoms with Crippen molar-refractivity contribution in [2.75, 3.05) is 26.2 Å². The van der Waals surface area contributed by atoms with Gasteiger partial charge < -0.3 is 20.6 Å². The van der Waals surface area contributed by atoms with Gasteiger partial charge in [-0.15, -0.1) is 0 Å². The van der Waals surface area contributed by atoms with Gasteiger partial charge in [-0.25, -0.2) is 4.79 Å². The van der Waals surface area contributed by atoms with E-state index < -0.39 is 5.97 Å².